The van der Waals surface area contributed by atoms with Gasteiger partial charge in [-0.1, -0.05) is 44.9 Å². The monoisotopic (exact) mass is 216 g/mol. The lowest BCUT2D eigenvalue weighted by molar-refractivity contribution is 0.487. The SMILES string of the molecule is CCCC(C#N)(CCC)Nc1ccccc1. The summed E-state index contributed by atoms with van der Waals surface area (Å²) >= 11 is 0. The molecule has 0 aliphatic rings. The Morgan fingerprint density at radius 3 is 2.12 bits per heavy atom. The molecule has 0 aliphatic heterocycles. The van der Waals surface area contributed by atoms with E-state index in [1.807, 2.05) is 30.3 Å². The number of nitrogens with one attached hydrogen (secondary N) is 1. The molecule has 0 unspecified atom stereocenters. The highest BCUT2D eigenvalue weighted by molar-refractivity contribution is 5.47. The Bertz CT molecular complexity index is 332. The Labute approximate surface area is 98.3 Å². The van der Waals surface area contributed by atoms with Crippen LogP contribution in [0.3, 0.4) is 0 Å². The molecule has 0 saturated carbocycles. The van der Waals surface area contributed by atoms with Crippen molar-refractivity contribution in [3.63, 3.8) is 0 Å². The number of rotatable bonds is 6. The fourth-order valence-electron chi connectivity index (χ4n) is 2.04. The number of anilines is 1. The van der Waals surface area contributed by atoms with E-state index in [1.165, 1.54) is 0 Å². The predicted octanol–water partition coefficient (Wildman–Crippen LogP) is 3.96. The van der Waals surface area contributed by atoms with Gasteiger partial charge in [0.2, 0.25) is 0 Å². The van der Waals surface area contributed by atoms with E-state index >= 15 is 0 Å². The number of nitrogens with zero attached hydrogens (tertiary/aromatic N) is 1. The second-order valence-electron chi connectivity index (χ2n) is 4.18. The van der Waals surface area contributed by atoms with E-state index in [2.05, 4.69) is 25.2 Å². The molecular formula is C14H20N2. The fourth-order valence-corrected chi connectivity index (χ4v) is 2.04. The third-order valence-corrected chi connectivity index (χ3v) is 2.72. The van der Waals surface area contributed by atoms with Crippen LogP contribution in [-0.2, 0) is 0 Å². The molecule has 2 nitrogen and oxygen atoms in total. The second kappa shape index (κ2) is 6.17. The molecule has 1 aromatic carbocycles. The Kier molecular flexibility index (Phi) is 4.85. The number of para-hydroxylation sites is 1. The Hall–Kier alpha value is -1.49. The quantitative estimate of drug-likeness (QED) is 0.781. The van der Waals surface area contributed by atoms with E-state index in [0.717, 1.165) is 31.4 Å². The van der Waals surface area contributed by atoms with Crippen LogP contribution in [0.25, 0.3) is 0 Å². The van der Waals surface area contributed by atoms with Gasteiger partial charge >= 0.3 is 0 Å². The third kappa shape index (κ3) is 3.27. The molecule has 0 aromatic heterocycles. The minimum absolute atomic E-state index is 0.398. The molecule has 1 N–H and O–H groups in total. The van der Waals surface area contributed by atoms with Gasteiger partial charge in [-0.25, -0.2) is 0 Å². The lowest BCUT2D eigenvalue weighted by atomic mass is 9.90. The van der Waals surface area contributed by atoms with Crippen molar-refractivity contribution < 1.29 is 0 Å². The van der Waals surface area contributed by atoms with Gasteiger partial charge in [0.15, 0.2) is 0 Å². The van der Waals surface area contributed by atoms with Crippen molar-refractivity contribution in [2.24, 2.45) is 0 Å². The molecule has 0 heterocycles. The average Bonchev–Trinajstić information content (AvgIpc) is 2.31. The summed E-state index contributed by atoms with van der Waals surface area (Å²) in [7, 11) is 0. The molecule has 0 saturated heterocycles. The van der Waals surface area contributed by atoms with Crippen LogP contribution in [0.1, 0.15) is 39.5 Å². The van der Waals surface area contributed by atoms with Crippen LogP contribution in [0.4, 0.5) is 5.69 Å². The molecule has 0 bridgehead atoms. The summed E-state index contributed by atoms with van der Waals surface area (Å²) in [6, 6.07) is 12.4. The number of hydrogen-bond acceptors (Lipinski definition) is 2. The first kappa shape index (κ1) is 12.6. The second-order valence-corrected chi connectivity index (χ2v) is 4.18. The van der Waals surface area contributed by atoms with E-state index in [4.69, 9.17) is 0 Å². The van der Waals surface area contributed by atoms with Gasteiger partial charge in [-0.05, 0) is 25.0 Å². The molecule has 0 atom stereocenters. The van der Waals surface area contributed by atoms with E-state index in [0.29, 0.717) is 0 Å². The van der Waals surface area contributed by atoms with Crippen molar-refractivity contribution in [2.45, 2.75) is 45.1 Å². The maximum atomic E-state index is 9.39. The van der Waals surface area contributed by atoms with Gasteiger partial charge in [-0.15, -0.1) is 0 Å². The van der Waals surface area contributed by atoms with Crippen LogP contribution in [0.15, 0.2) is 30.3 Å². The summed E-state index contributed by atoms with van der Waals surface area (Å²) in [5.41, 5.74) is 0.635. The molecule has 2 heteroatoms. The molecule has 0 amide bonds. The number of nitriles is 1. The Morgan fingerprint density at radius 2 is 1.69 bits per heavy atom. The molecule has 0 fully saturated rings. The first-order valence-corrected chi connectivity index (χ1v) is 6.01. The molecule has 16 heavy (non-hydrogen) atoms. The maximum absolute atomic E-state index is 9.39. The smallest absolute Gasteiger partial charge is 0.125 e. The Balaban J connectivity index is 2.82. The molecule has 1 rings (SSSR count). The summed E-state index contributed by atoms with van der Waals surface area (Å²) in [6.45, 7) is 4.24. The van der Waals surface area contributed by atoms with Gasteiger partial charge in [-0.3, -0.25) is 0 Å². The maximum Gasteiger partial charge on any atom is 0.125 e. The summed E-state index contributed by atoms with van der Waals surface area (Å²) in [5.74, 6) is 0. The zero-order valence-electron chi connectivity index (χ0n) is 10.2. The van der Waals surface area contributed by atoms with E-state index in [-0.39, 0.29) is 0 Å². The third-order valence-electron chi connectivity index (χ3n) is 2.72. The van der Waals surface area contributed by atoms with Crippen molar-refractivity contribution in [1.82, 2.24) is 0 Å². The standard InChI is InChI=1S/C14H20N2/c1-3-10-14(12-15,11-4-2)16-13-8-6-5-7-9-13/h5-9,16H,3-4,10-11H2,1-2H3. The first-order valence-electron chi connectivity index (χ1n) is 6.01. The summed E-state index contributed by atoms with van der Waals surface area (Å²) in [4.78, 5) is 0. The van der Waals surface area contributed by atoms with Crippen LogP contribution in [0.5, 0.6) is 0 Å². The summed E-state index contributed by atoms with van der Waals surface area (Å²) in [6.07, 6.45) is 3.83. The van der Waals surface area contributed by atoms with Gasteiger partial charge in [0.05, 0.1) is 6.07 Å². The highest BCUT2D eigenvalue weighted by Gasteiger charge is 2.27. The molecule has 0 aliphatic carbocycles. The van der Waals surface area contributed by atoms with Crippen LogP contribution in [0.2, 0.25) is 0 Å². The zero-order chi connectivity index (χ0) is 11.9. The van der Waals surface area contributed by atoms with Crippen molar-refractivity contribution in [1.29, 1.82) is 5.26 Å². The zero-order valence-corrected chi connectivity index (χ0v) is 10.2. The van der Waals surface area contributed by atoms with Gasteiger partial charge in [0.25, 0.3) is 0 Å². The van der Waals surface area contributed by atoms with Crippen LogP contribution in [-0.4, -0.2) is 5.54 Å². The molecule has 86 valence electrons. The highest BCUT2D eigenvalue weighted by Crippen LogP contribution is 2.24. The van der Waals surface area contributed by atoms with Crippen molar-refractivity contribution in [2.75, 3.05) is 5.32 Å². The lowest BCUT2D eigenvalue weighted by Gasteiger charge is -2.28. The van der Waals surface area contributed by atoms with E-state index < -0.39 is 5.54 Å². The van der Waals surface area contributed by atoms with E-state index in [1.54, 1.807) is 0 Å². The summed E-state index contributed by atoms with van der Waals surface area (Å²) < 4.78 is 0. The van der Waals surface area contributed by atoms with Crippen LogP contribution < -0.4 is 5.32 Å². The first-order chi connectivity index (χ1) is 7.76. The topological polar surface area (TPSA) is 35.8 Å². The number of hydrogen-bond donors (Lipinski definition) is 1. The number of benzene rings is 1. The Morgan fingerprint density at radius 1 is 1.12 bits per heavy atom. The average molecular weight is 216 g/mol. The van der Waals surface area contributed by atoms with Crippen molar-refractivity contribution in [3.8, 4) is 6.07 Å². The van der Waals surface area contributed by atoms with Crippen molar-refractivity contribution >= 4 is 5.69 Å². The largest absolute Gasteiger partial charge is 0.367 e. The minimum atomic E-state index is -0.398. The van der Waals surface area contributed by atoms with Gasteiger partial charge < -0.3 is 5.32 Å². The molecule has 0 spiro atoms. The van der Waals surface area contributed by atoms with Crippen molar-refractivity contribution in [3.05, 3.63) is 30.3 Å². The van der Waals surface area contributed by atoms with Crippen LogP contribution in [0, 0.1) is 11.3 Å². The van der Waals surface area contributed by atoms with E-state index in [9.17, 15) is 5.26 Å². The lowest BCUT2D eigenvalue weighted by Crippen LogP contribution is -2.36. The van der Waals surface area contributed by atoms with Gasteiger partial charge in [0, 0.05) is 5.69 Å². The highest BCUT2D eigenvalue weighted by atomic mass is 15.0. The summed E-state index contributed by atoms with van der Waals surface area (Å²) in [5, 5.41) is 12.8. The normalized spacial score (nSPS) is 10.8. The minimum Gasteiger partial charge on any atom is -0.367 e. The molecule has 0 radical (unpaired) electrons. The molecular weight excluding hydrogens is 196 g/mol. The van der Waals surface area contributed by atoms with Gasteiger partial charge in [-0.2, -0.15) is 5.26 Å². The fraction of sp³-hybridized carbons (Fsp3) is 0.500. The van der Waals surface area contributed by atoms with Gasteiger partial charge in [0.1, 0.15) is 5.54 Å². The van der Waals surface area contributed by atoms with Crippen LogP contribution >= 0.6 is 0 Å². The molecule has 1 aromatic rings. The predicted molar refractivity (Wildman–Crippen MR) is 68.2 cm³/mol.